The average molecular weight is 319 g/mol. The summed E-state index contributed by atoms with van der Waals surface area (Å²) < 4.78 is 5.27. The Kier molecular flexibility index (Phi) is 3.88. The van der Waals surface area contributed by atoms with E-state index in [9.17, 15) is 9.59 Å². The largest absolute Gasteiger partial charge is 0.480 e. The lowest BCUT2D eigenvalue weighted by atomic mass is 10.3. The highest BCUT2D eigenvalue weighted by molar-refractivity contribution is 6.29. The number of amides is 2. The Morgan fingerprint density at radius 3 is 3.05 bits per heavy atom. The van der Waals surface area contributed by atoms with Crippen LogP contribution in [0.15, 0.2) is 36.5 Å². The number of aromatic nitrogens is 2. The summed E-state index contributed by atoms with van der Waals surface area (Å²) in [4.78, 5) is 33.4. The van der Waals surface area contributed by atoms with E-state index in [0.717, 1.165) is 0 Å². The van der Waals surface area contributed by atoms with Crippen LogP contribution in [0.25, 0.3) is 0 Å². The molecule has 2 aromatic heterocycles. The van der Waals surface area contributed by atoms with Gasteiger partial charge in [-0.2, -0.15) is 0 Å². The Bertz CT molecular complexity index is 738. The third kappa shape index (κ3) is 2.99. The normalized spacial score (nSPS) is 13.3. The molecule has 1 aliphatic heterocycles. The number of nitrogens with one attached hydrogen (secondary N) is 1. The van der Waals surface area contributed by atoms with E-state index in [2.05, 4.69) is 15.3 Å². The second kappa shape index (κ2) is 5.98. The summed E-state index contributed by atoms with van der Waals surface area (Å²) in [7, 11) is 0. The summed E-state index contributed by atoms with van der Waals surface area (Å²) in [5, 5.41) is 2.86. The number of hydrogen-bond acceptors (Lipinski definition) is 5. The number of pyridine rings is 2. The average Bonchev–Trinajstić information content (AvgIpc) is 2.50. The van der Waals surface area contributed by atoms with Gasteiger partial charge in [0.15, 0.2) is 18.2 Å². The van der Waals surface area contributed by atoms with Crippen LogP contribution in [0.5, 0.6) is 5.75 Å². The smallest absolute Gasteiger partial charge is 0.266 e. The van der Waals surface area contributed by atoms with Gasteiger partial charge in [0, 0.05) is 6.20 Å². The van der Waals surface area contributed by atoms with Gasteiger partial charge in [-0.3, -0.25) is 14.5 Å². The van der Waals surface area contributed by atoms with Crippen LogP contribution >= 0.6 is 11.6 Å². The van der Waals surface area contributed by atoms with Crippen molar-refractivity contribution in [3.63, 3.8) is 0 Å². The zero-order valence-electron chi connectivity index (χ0n) is 11.3. The number of rotatable bonds is 3. The van der Waals surface area contributed by atoms with E-state index in [1.807, 2.05) is 0 Å². The molecule has 7 nitrogen and oxygen atoms in total. The number of hydrogen-bond donors (Lipinski definition) is 1. The second-order valence-corrected chi connectivity index (χ2v) is 4.87. The Labute approximate surface area is 130 Å². The summed E-state index contributed by atoms with van der Waals surface area (Å²) in [6.07, 6.45) is 1.53. The quantitative estimate of drug-likeness (QED) is 0.867. The predicted molar refractivity (Wildman–Crippen MR) is 80.0 cm³/mol. The van der Waals surface area contributed by atoms with Crippen LogP contribution in [0.1, 0.15) is 0 Å². The predicted octanol–water partition coefficient (Wildman–Crippen LogP) is 1.49. The fraction of sp³-hybridized carbons (Fsp3) is 0.143. The molecule has 1 N–H and O–H groups in total. The van der Waals surface area contributed by atoms with Crippen molar-refractivity contribution >= 4 is 35.1 Å². The van der Waals surface area contributed by atoms with Gasteiger partial charge in [0.05, 0.1) is 0 Å². The molecule has 0 aromatic carbocycles. The fourth-order valence-electron chi connectivity index (χ4n) is 2.00. The number of nitrogens with zero attached hydrogens (tertiary/aromatic N) is 3. The molecule has 0 bridgehead atoms. The molecule has 2 amide bonds. The first-order valence-electron chi connectivity index (χ1n) is 6.44. The molecule has 0 fully saturated rings. The van der Waals surface area contributed by atoms with Gasteiger partial charge in [-0.15, -0.1) is 0 Å². The highest BCUT2D eigenvalue weighted by Gasteiger charge is 2.28. The standard InChI is InChI=1S/C14H11ClN4O3/c15-10-4-1-5-11(17-10)18-12(20)7-19-13(21)8-22-9-3-2-6-16-14(9)19/h1-6H,7-8H2,(H,17,18,20). The van der Waals surface area contributed by atoms with Gasteiger partial charge >= 0.3 is 0 Å². The molecule has 2 aromatic rings. The third-order valence-electron chi connectivity index (χ3n) is 2.94. The molecular formula is C14H11ClN4O3. The van der Waals surface area contributed by atoms with Crippen molar-refractivity contribution in [2.75, 3.05) is 23.4 Å². The van der Waals surface area contributed by atoms with Gasteiger partial charge in [-0.25, -0.2) is 9.97 Å². The van der Waals surface area contributed by atoms with Crippen LogP contribution in [0.4, 0.5) is 11.6 Å². The van der Waals surface area contributed by atoms with E-state index in [0.29, 0.717) is 17.4 Å². The molecule has 1 aliphatic rings. The highest BCUT2D eigenvalue weighted by Crippen LogP contribution is 2.28. The molecule has 22 heavy (non-hydrogen) atoms. The van der Waals surface area contributed by atoms with E-state index in [4.69, 9.17) is 16.3 Å². The number of ether oxygens (including phenoxy) is 1. The van der Waals surface area contributed by atoms with E-state index >= 15 is 0 Å². The van der Waals surface area contributed by atoms with Crippen LogP contribution in [0.2, 0.25) is 5.15 Å². The van der Waals surface area contributed by atoms with Crippen molar-refractivity contribution in [3.05, 3.63) is 41.7 Å². The first-order chi connectivity index (χ1) is 10.6. The minimum atomic E-state index is -0.401. The van der Waals surface area contributed by atoms with Crippen LogP contribution in [-0.2, 0) is 9.59 Å². The van der Waals surface area contributed by atoms with Crippen molar-refractivity contribution in [1.29, 1.82) is 0 Å². The Balaban J connectivity index is 1.75. The minimum absolute atomic E-state index is 0.124. The molecule has 8 heteroatoms. The van der Waals surface area contributed by atoms with E-state index in [1.165, 1.54) is 11.1 Å². The third-order valence-corrected chi connectivity index (χ3v) is 3.15. The van der Waals surface area contributed by atoms with Gasteiger partial charge < -0.3 is 10.1 Å². The van der Waals surface area contributed by atoms with Gasteiger partial charge in [0.25, 0.3) is 5.91 Å². The van der Waals surface area contributed by atoms with Crippen molar-refractivity contribution in [2.45, 2.75) is 0 Å². The summed E-state index contributed by atoms with van der Waals surface area (Å²) in [6.45, 7) is -0.304. The first-order valence-corrected chi connectivity index (χ1v) is 6.82. The maximum atomic E-state index is 12.1. The molecule has 0 saturated heterocycles. The lowest BCUT2D eigenvalue weighted by Gasteiger charge is -2.27. The number of carbonyl (C=O) groups excluding carboxylic acids is 2. The van der Waals surface area contributed by atoms with Crippen LogP contribution < -0.4 is 15.0 Å². The van der Waals surface area contributed by atoms with Gasteiger partial charge in [0.2, 0.25) is 5.91 Å². The molecule has 0 radical (unpaired) electrons. The summed E-state index contributed by atoms with van der Waals surface area (Å²) >= 11 is 5.76. The zero-order chi connectivity index (χ0) is 15.5. The maximum Gasteiger partial charge on any atom is 0.266 e. The number of anilines is 2. The molecular weight excluding hydrogens is 308 g/mol. The molecule has 3 heterocycles. The summed E-state index contributed by atoms with van der Waals surface area (Å²) in [5.41, 5.74) is 0. The fourth-order valence-corrected chi connectivity index (χ4v) is 2.16. The first kappa shape index (κ1) is 14.3. The van der Waals surface area contributed by atoms with Crippen LogP contribution in [-0.4, -0.2) is 34.9 Å². The van der Waals surface area contributed by atoms with Crippen molar-refractivity contribution in [2.24, 2.45) is 0 Å². The van der Waals surface area contributed by atoms with Crippen LogP contribution in [0.3, 0.4) is 0 Å². The lowest BCUT2D eigenvalue weighted by Crippen LogP contribution is -2.44. The molecule has 0 atom stereocenters. The summed E-state index contributed by atoms with van der Waals surface area (Å²) in [5.74, 6) is 0.380. The van der Waals surface area contributed by atoms with Crippen molar-refractivity contribution < 1.29 is 14.3 Å². The van der Waals surface area contributed by atoms with E-state index in [-0.39, 0.29) is 24.2 Å². The zero-order valence-corrected chi connectivity index (χ0v) is 12.1. The number of carbonyl (C=O) groups is 2. The number of halogens is 1. The Morgan fingerprint density at radius 1 is 1.36 bits per heavy atom. The number of fused-ring (bicyclic) bond motifs is 1. The lowest BCUT2D eigenvalue weighted by molar-refractivity contribution is -0.123. The van der Waals surface area contributed by atoms with Crippen molar-refractivity contribution in [3.8, 4) is 5.75 Å². The maximum absolute atomic E-state index is 12.1. The summed E-state index contributed by atoms with van der Waals surface area (Å²) in [6, 6.07) is 8.27. The topological polar surface area (TPSA) is 84.4 Å². The minimum Gasteiger partial charge on any atom is -0.480 e. The van der Waals surface area contributed by atoms with Gasteiger partial charge in [-0.1, -0.05) is 17.7 Å². The van der Waals surface area contributed by atoms with Gasteiger partial charge in [0.1, 0.15) is 17.5 Å². The molecule has 0 unspecified atom stereocenters. The van der Waals surface area contributed by atoms with Crippen molar-refractivity contribution in [1.82, 2.24) is 9.97 Å². The Morgan fingerprint density at radius 2 is 2.23 bits per heavy atom. The molecule has 3 rings (SSSR count). The molecule has 0 spiro atoms. The molecule has 0 saturated carbocycles. The Hall–Kier alpha value is -2.67. The monoisotopic (exact) mass is 318 g/mol. The van der Waals surface area contributed by atoms with E-state index in [1.54, 1.807) is 30.3 Å². The second-order valence-electron chi connectivity index (χ2n) is 4.49. The van der Waals surface area contributed by atoms with Gasteiger partial charge in [-0.05, 0) is 24.3 Å². The molecule has 0 aliphatic carbocycles. The SMILES string of the molecule is O=C(CN1C(=O)COc2cccnc21)Nc1cccc(Cl)n1. The highest BCUT2D eigenvalue weighted by atomic mass is 35.5. The van der Waals surface area contributed by atoms with Crippen LogP contribution in [0, 0.1) is 0 Å². The van der Waals surface area contributed by atoms with E-state index < -0.39 is 5.91 Å². The molecule has 112 valence electrons.